The summed E-state index contributed by atoms with van der Waals surface area (Å²) in [6.45, 7) is 6.81. The molecule has 2 aromatic rings. The van der Waals surface area contributed by atoms with E-state index >= 15 is 0 Å². The Balaban J connectivity index is 1.82. The zero-order valence-electron chi connectivity index (χ0n) is 19.7. The van der Waals surface area contributed by atoms with E-state index in [4.69, 9.17) is 13.9 Å². The summed E-state index contributed by atoms with van der Waals surface area (Å²) in [5.41, 5.74) is 0. The van der Waals surface area contributed by atoms with Crippen molar-refractivity contribution in [3.63, 3.8) is 0 Å². The Hall–Kier alpha value is -2.21. The van der Waals surface area contributed by atoms with Gasteiger partial charge in [0.15, 0.2) is 0 Å². The monoisotopic (exact) mass is 450 g/mol. The first-order chi connectivity index (χ1) is 15.3. The second kappa shape index (κ2) is 8.97. The molecule has 0 radical (unpaired) electrons. The number of rotatable bonds is 6. The molecule has 0 N–H and O–H groups in total. The molecule has 1 fully saturated rings. The second-order valence-corrected chi connectivity index (χ2v) is 14.2. The second-order valence-electron chi connectivity index (χ2n) is 9.92. The number of fused-ring (bicyclic) bond motifs is 1. The number of carbonyl (C=O) groups excluding carboxylic acids is 1. The molecule has 0 bridgehead atoms. The lowest BCUT2D eigenvalue weighted by Crippen LogP contribution is -2.68. The van der Waals surface area contributed by atoms with Crippen LogP contribution in [0.4, 0.5) is 0 Å². The van der Waals surface area contributed by atoms with Gasteiger partial charge in [-0.15, -0.1) is 0 Å². The summed E-state index contributed by atoms with van der Waals surface area (Å²) in [5, 5.41) is 2.33. The summed E-state index contributed by atoms with van der Waals surface area (Å²) in [5.74, 6) is 0.983. The summed E-state index contributed by atoms with van der Waals surface area (Å²) in [4.78, 5) is 13.2. The van der Waals surface area contributed by atoms with Crippen molar-refractivity contribution < 1.29 is 18.7 Å². The van der Waals surface area contributed by atoms with Gasteiger partial charge in [0.2, 0.25) is 0 Å². The van der Waals surface area contributed by atoms with E-state index in [9.17, 15) is 4.79 Å². The summed E-state index contributed by atoms with van der Waals surface area (Å²) >= 11 is 0. The van der Waals surface area contributed by atoms with E-state index in [1.165, 1.54) is 10.4 Å². The van der Waals surface area contributed by atoms with E-state index in [1.54, 1.807) is 14.2 Å². The zero-order valence-corrected chi connectivity index (χ0v) is 20.7. The topological polar surface area (TPSA) is 44.8 Å². The Bertz CT molecular complexity index is 925. The Labute approximate surface area is 192 Å². The predicted octanol–water partition coefficient (Wildman–Crippen LogP) is 4.09. The van der Waals surface area contributed by atoms with Crippen molar-refractivity contribution in [3.05, 3.63) is 72.5 Å². The molecular formula is C27H34O4Si. The average Bonchev–Trinajstić information content (AvgIpc) is 3.12. The smallest absolute Gasteiger partial charge is 0.261 e. The van der Waals surface area contributed by atoms with E-state index in [0.29, 0.717) is 12.8 Å². The normalized spacial score (nSPS) is 25.9. The molecule has 0 spiro atoms. The Morgan fingerprint density at radius 2 is 1.44 bits per heavy atom. The summed E-state index contributed by atoms with van der Waals surface area (Å²) in [6, 6.07) is 21.2. The van der Waals surface area contributed by atoms with Crippen LogP contribution in [0.15, 0.2) is 72.5 Å². The van der Waals surface area contributed by atoms with Gasteiger partial charge in [-0.1, -0.05) is 81.4 Å². The molecule has 4 rings (SSSR count). The Kier molecular flexibility index (Phi) is 6.43. The van der Waals surface area contributed by atoms with E-state index in [-0.39, 0.29) is 34.9 Å². The highest BCUT2D eigenvalue weighted by Gasteiger charge is 2.56. The van der Waals surface area contributed by atoms with Gasteiger partial charge in [0.05, 0.1) is 31.0 Å². The van der Waals surface area contributed by atoms with Gasteiger partial charge in [-0.2, -0.15) is 0 Å². The highest BCUT2D eigenvalue weighted by atomic mass is 28.4. The van der Waals surface area contributed by atoms with Gasteiger partial charge in [-0.3, -0.25) is 4.79 Å². The lowest BCUT2D eigenvalue weighted by molar-refractivity contribution is -0.124. The maximum absolute atomic E-state index is 13.2. The van der Waals surface area contributed by atoms with Crippen LogP contribution in [-0.4, -0.2) is 40.5 Å². The van der Waals surface area contributed by atoms with Crippen LogP contribution >= 0.6 is 0 Å². The van der Waals surface area contributed by atoms with Crippen molar-refractivity contribution >= 4 is 24.5 Å². The molecule has 4 atom stereocenters. The first kappa shape index (κ1) is 23.0. The van der Waals surface area contributed by atoms with Crippen LogP contribution in [0.25, 0.3) is 0 Å². The highest BCUT2D eigenvalue weighted by Crippen LogP contribution is 2.46. The van der Waals surface area contributed by atoms with Crippen molar-refractivity contribution in [1.82, 2.24) is 0 Å². The number of carbonyl (C=O) groups is 1. The lowest BCUT2D eigenvalue weighted by atomic mass is 9.81. The van der Waals surface area contributed by atoms with E-state index < -0.39 is 8.32 Å². The molecule has 2 aliphatic carbocycles. The van der Waals surface area contributed by atoms with Gasteiger partial charge in [0, 0.05) is 25.9 Å². The maximum atomic E-state index is 13.2. The minimum absolute atomic E-state index is 0.0500. The number of hydrogen-bond donors (Lipinski definition) is 0. The molecule has 0 saturated heterocycles. The van der Waals surface area contributed by atoms with E-state index in [0.717, 1.165) is 5.76 Å². The van der Waals surface area contributed by atoms with Gasteiger partial charge >= 0.3 is 0 Å². The van der Waals surface area contributed by atoms with Gasteiger partial charge < -0.3 is 13.9 Å². The summed E-state index contributed by atoms with van der Waals surface area (Å²) in [6.07, 6.45) is 2.66. The number of allylic oxidation sites excluding steroid dienone is 1. The van der Waals surface area contributed by atoms with Crippen molar-refractivity contribution in [2.45, 2.75) is 50.9 Å². The predicted molar refractivity (Wildman–Crippen MR) is 130 cm³/mol. The van der Waals surface area contributed by atoms with Crippen molar-refractivity contribution in [3.8, 4) is 0 Å². The largest absolute Gasteiger partial charge is 0.501 e. The zero-order chi connectivity index (χ0) is 22.9. The molecule has 0 aliphatic heterocycles. The molecule has 2 aliphatic rings. The van der Waals surface area contributed by atoms with Crippen LogP contribution in [0.1, 0.15) is 33.6 Å². The van der Waals surface area contributed by atoms with Crippen molar-refractivity contribution in [2.24, 2.45) is 11.8 Å². The number of ketones is 1. The molecule has 170 valence electrons. The molecule has 0 aromatic heterocycles. The quantitative estimate of drug-likeness (QED) is 0.622. The maximum Gasteiger partial charge on any atom is 0.261 e. The highest BCUT2D eigenvalue weighted by molar-refractivity contribution is 6.99. The van der Waals surface area contributed by atoms with E-state index in [1.807, 2.05) is 18.2 Å². The number of methoxy groups -OCH3 is 2. The fraction of sp³-hybridized carbons (Fsp3) is 0.444. The van der Waals surface area contributed by atoms with Crippen LogP contribution in [0, 0.1) is 11.8 Å². The third kappa shape index (κ3) is 3.87. The van der Waals surface area contributed by atoms with Crippen LogP contribution in [0.2, 0.25) is 5.04 Å². The molecule has 4 nitrogen and oxygen atoms in total. The SMILES string of the molecule is COC1=C[C@H](OC)[C@H]2C(=O)C[C@H](O[Si](c3ccccc3)(c3ccccc3)C(C)(C)C)[C@H]2C1. The first-order valence-electron chi connectivity index (χ1n) is 11.4. The van der Waals surface area contributed by atoms with E-state index in [2.05, 4.69) is 69.3 Å². The fourth-order valence-corrected chi connectivity index (χ4v) is 10.4. The van der Waals surface area contributed by atoms with Gasteiger partial charge in [0.25, 0.3) is 8.32 Å². The Morgan fingerprint density at radius 3 is 1.91 bits per heavy atom. The molecule has 0 amide bonds. The molecule has 32 heavy (non-hydrogen) atoms. The van der Waals surface area contributed by atoms with Crippen molar-refractivity contribution in [2.75, 3.05) is 14.2 Å². The molecule has 5 heteroatoms. The number of Topliss-reactive ketones (excluding diaryl/α,β-unsaturated/α-hetero) is 1. The van der Waals surface area contributed by atoms with Gasteiger partial charge in [-0.05, 0) is 21.5 Å². The molecule has 2 aromatic carbocycles. The van der Waals surface area contributed by atoms with Crippen molar-refractivity contribution in [1.29, 1.82) is 0 Å². The fourth-order valence-electron chi connectivity index (χ4n) is 5.64. The molecule has 1 saturated carbocycles. The van der Waals surface area contributed by atoms with Crippen LogP contribution in [-0.2, 0) is 18.7 Å². The first-order valence-corrected chi connectivity index (χ1v) is 13.3. The van der Waals surface area contributed by atoms with Crippen LogP contribution in [0.3, 0.4) is 0 Å². The number of hydrogen-bond acceptors (Lipinski definition) is 4. The number of ether oxygens (including phenoxy) is 2. The third-order valence-electron chi connectivity index (χ3n) is 7.13. The third-order valence-corrected chi connectivity index (χ3v) is 12.2. The molecule has 0 heterocycles. The van der Waals surface area contributed by atoms with Crippen LogP contribution in [0.5, 0.6) is 0 Å². The summed E-state index contributed by atoms with van der Waals surface area (Å²) < 4.78 is 18.6. The number of benzene rings is 2. The lowest BCUT2D eigenvalue weighted by Gasteiger charge is -2.46. The molecular weight excluding hydrogens is 416 g/mol. The Morgan fingerprint density at radius 1 is 0.875 bits per heavy atom. The standard InChI is InChI=1S/C27H34O4Si/c1-27(2,3)32(20-12-8-6-9-13-20,21-14-10-7-11-15-21)31-24-18-23(28)26-22(24)16-19(29-4)17-25(26)30-5/h6-15,17,22,24-26H,16,18H2,1-5H3/t22-,24+,25+,26-/m1/s1. The minimum Gasteiger partial charge on any atom is -0.501 e. The van der Waals surface area contributed by atoms with Gasteiger partial charge in [-0.25, -0.2) is 0 Å². The average molecular weight is 451 g/mol. The molecule has 0 unspecified atom stereocenters. The van der Waals surface area contributed by atoms with Gasteiger partial charge in [0.1, 0.15) is 5.78 Å². The van der Waals surface area contributed by atoms with Crippen LogP contribution < -0.4 is 10.4 Å². The summed E-state index contributed by atoms with van der Waals surface area (Å²) in [7, 11) is 0.617. The minimum atomic E-state index is -2.74.